The molecule has 1 aromatic rings. The minimum Gasteiger partial charge on any atom is -0.497 e. The molecule has 2 heterocycles. The van der Waals surface area contributed by atoms with Crippen LogP contribution in [0.1, 0.15) is 31.2 Å². The average Bonchev–Trinajstić information content (AvgIpc) is 2.62. The second-order valence-corrected chi connectivity index (χ2v) is 7.84. The van der Waals surface area contributed by atoms with E-state index in [0.717, 1.165) is 56.7 Å². The topological polar surface area (TPSA) is 47.6 Å². The summed E-state index contributed by atoms with van der Waals surface area (Å²) in [6.07, 6.45) is 8.05. The molecule has 1 N–H and O–H groups in total. The fraction of sp³-hybridized carbons (Fsp3) is 0.556. The van der Waals surface area contributed by atoms with Crippen molar-refractivity contribution in [2.75, 3.05) is 25.1 Å². The molecular formula is C18H25NO3S. The van der Waals surface area contributed by atoms with Crippen LogP contribution in [0.4, 0.5) is 5.69 Å². The lowest BCUT2D eigenvalue weighted by atomic mass is 10.1. The van der Waals surface area contributed by atoms with Crippen LogP contribution in [0.5, 0.6) is 0 Å². The molecule has 0 amide bonds. The van der Waals surface area contributed by atoms with Crippen LogP contribution in [0.3, 0.4) is 0 Å². The Morgan fingerprint density at radius 1 is 1.22 bits per heavy atom. The van der Waals surface area contributed by atoms with E-state index in [1.807, 2.05) is 6.07 Å². The molecule has 23 heavy (non-hydrogen) atoms. The summed E-state index contributed by atoms with van der Waals surface area (Å²) in [4.78, 5) is 0. The lowest BCUT2D eigenvalue weighted by molar-refractivity contribution is 0.0992. The van der Waals surface area contributed by atoms with Crippen LogP contribution in [-0.4, -0.2) is 35.3 Å². The summed E-state index contributed by atoms with van der Waals surface area (Å²) in [6, 6.07) is 8.25. The van der Waals surface area contributed by atoms with Gasteiger partial charge in [0.2, 0.25) is 0 Å². The van der Waals surface area contributed by atoms with Crippen molar-refractivity contribution in [1.82, 2.24) is 0 Å². The Kier molecular flexibility index (Phi) is 6.11. The zero-order valence-electron chi connectivity index (χ0n) is 13.4. The minimum atomic E-state index is -0.816. The molecule has 2 atom stereocenters. The third kappa shape index (κ3) is 5.08. The quantitative estimate of drug-likeness (QED) is 0.867. The highest BCUT2D eigenvalue weighted by molar-refractivity contribution is 7.84. The van der Waals surface area contributed by atoms with Crippen LogP contribution < -0.4 is 5.32 Å². The van der Waals surface area contributed by atoms with Crippen LogP contribution >= 0.6 is 0 Å². The van der Waals surface area contributed by atoms with E-state index in [9.17, 15) is 4.21 Å². The summed E-state index contributed by atoms with van der Waals surface area (Å²) < 4.78 is 23.4. The zero-order chi connectivity index (χ0) is 15.9. The summed E-state index contributed by atoms with van der Waals surface area (Å²) in [5, 5.41) is 3.71. The lowest BCUT2D eigenvalue weighted by Gasteiger charge is -2.22. The molecule has 2 aliphatic heterocycles. The molecule has 0 radical (unpaired) electrons. The SMILES string of the molecule is O=S(Cc1cccc(NCC2CCC=CO2)c1)C1CCOCC1. The molecule has 1 saturated heterocycles. The van der Waals surface area contributed by atoms with Gasteiger partial charge in [0.05, 0.1) is 12.8 Å². The maximum atomic E-state index is 12.5. The summed E-state index contributed by atoms with van der Waals surface area (Å²) in [5.74, 6) is 0.628. The van der Waals surface area contributed by atoms with E-state index >= 15 is 0 Å². The van der Waals surface area contributed by atoms with E-state index in [2.05, 4.69) is 29.6 Å². The molecule has 3 rings (SSSR count). The predicted molar refractivity (Wildman–Crippen MR) is 93.9 cm³/mol. The van der Waals surface area contributed by atoms with Gasteiger partial charge < -0.3 is 14.8 Å². The highest BCUT2D eigenvalue weighted by atomic mass is 32.2. The molecule has 0 spiro atoms. The van der Waals surface area contributed by atoms with Crippen molar-refractivity contribution in [3.05, 3.63) is 42.2 Å². The molecule has 1 aromatic carbocycles. The lowest BCUT2D eigenvalue weighted by Crippen LogP contribution is -2.25. The monoisotopic (exact) mass is 335 g/mol. The molecule has 5 heteroatoms. The number of nitrogens with one attached hydrogen (secondary N) is 1. The van der Waals surface area contributed by atoms with Crippen molar-refractivity contribution < 1.29 is 13.7 Å². The van der Waals surface area contributed by atoms with Gasteiger partial charge in [-0.1, -0.05) is 12.1 Å². The molecule has 2 aliphatic rings. The van der Waals surface area contributed by atoms with E-state index < -0.39 is 10.8 Å². The van der Waals surface area contributed by atoms with Crippen LogP contribution in [0.2, 0.25) is 0 Å². The van der Waals surface area contributed by atoms with Crippen molar-refractivity contribution in [3.63, 3.8) is 0 Å². The standard InChI is InChI=1S/C18H25NO3S/c20-23(18-7-10-21-11-8-18)14-15-4-3-5-16(12-15)19-13-17-6-1-2-9-22-17/h2-5,9,12,17-19H,1,6-8,10-11,13-14H2. The summed E-state index contributed by atoms with van der Waals surface area (Å²) in [7, 11) is -0.816. The Hall–Kier alpha value is -1.33. The zero-order valence-corrected chi connectivity index (χ0v) is 14.2. The second-order valence-electron chi connectivity index (χ2n) is 6.13. The largest absolute Gasteiger partial charge is 0.497 e. The van der Waals surface area contributed by atoms with E-state index in [-0.39, 0.29) is 11.4 Å². The van der Waals surface area contributed by atoms with Gasteiger partial charge in [0, 0.05) is 40.7 Å². The number of anilines is 1. The van der Waals surface area contributed by atoms with Crippen molar-refractivity contribution in [3.8, 4) is 0 Å². The molecule has 0 aliphatic carbocycles. The average molecular weight is 335 g/mol. The first-order chi connectivity index (χ1) is 11.3. The molecule has 126 valence electrons. The number of ether oxygens (including phenoxy) is 2. The number of allylic oxidation sites excluding steroid dienone is 1. The molecule has 4 nitrogen and oxygen atoms in total. The van der Waals surface area contributed by atoms with Gasteiger partial charge in [0.15, 0.2) is 0 Å². The maximum Gasteiger partial charge on any atom is 0.115 e. The van der Waals surface area contributed by atoms with Gasteiger partial charge in [0.25, 0.3) is 0 Å². The van der Waals surface area contributed by atoms with E-state index in [1.54, 1.807) is 6.26 Å². The first-order valence-electron chi connectivity index (χ1n) is 8.39. The molecule has 0 aromatic heterocycles. The van der Waals surface area contributed by atoms with Gasteiger partial charge >= 0.3 is 0 Å². The van der Waals surface area contributed by atoms with E-state index in [1.165, 1.54) is 0 Å². The molecule has 2 unspecified atom stereocenters. The Balaban J connectivity index is 1.52. The van der Waals surface area contributed by atoms with Gasteiger partial charge in [-0.3, -0.25) is 4.21 Å². The summed E-state index contributed by atoms with van der Waals surface area (Å²) >= 11 is 0. The number of hydrogen-bond donors (Lipinski definition) is 1. The first-order valence-corrected chi connectivity index (χ1v) is 9.77. The molecular weight excluding hydrogens is 310 g/mol. The van der Waals surface area contributed by atoms with Crippen molar-refractivity contribution >= 4 is 16.5 Å². The Bertz CT molecular complexity index is 555. The van der Waals surface area contributed by atoms with Gasteiger partial charge in [0.1, 0.15) is 6.10 Å². The fourth-order valence-corrected chi connectivity index (χ4v) is 4.42. The normalized spacial score (nSPS) is 23.2. The van der Waals surface area contributed by atoms with Crippen molar-refractivity contribution in [1.29, 1.82) is 0 Å². The number of hydrogen-bond acceptors (Lipinski definition) is 4. The van der Waals surface area contributed by atoms with Crippen molar-refractivity contribution in [2.45, 2.75) is 42.8 Å². The van der Waals surface area contributed by atoms with E-state index in [0.29, 0.717) is 5.75 Å². The van der Waals surface area contributed by atoms with E-state index in [4.69, 9.17) is 9.47 Å². The van der Waals surface area contributed by atoms with Crippen LogP contribution in [0, 0.1) is 0 Å². The first kappa shape index (κ1) is 16.5. The van der Waals surface area contributed by atoms with Crippen LogP contribution in [0.25, 0.3) is 0 Å². The smallest absolute Gasteiger partial charge is 0.115 e. The predicted octanol–water partition coefficient (Wildman–Crippen LogP) is 3.22. The maximum absolute atomic E-state index is 12.5. The fourth-order valence-electron chi connectivity index (χ4n) is 2.96. The van der Waals surface area contributed by atoms with Gasteiger partial charge in [-0.25, -0.2) is 0 Å². The van der Waals surface area contributed by atoms with Crippen LogP contribution in [0.15, 0.2) is 36.6 Å². The minimum absolute atomic E-state index is 0.236. The third-order valence-electron chi connectivity index (χ3n) is 4.33. The second kappa shape index (κ2) is 8.50. The Morgan fingerprint density at radius 2 is 2.09 bits per heavy atom. The van der Waals surface area contributed by atoms with Crippen molar-refractivity contribution in [2.24, 2.45) is 0 Å². The molecule has 1 fully saturated rings. The highest BCUT2D eigenvalue weighted by Crippen LogP contribution is 2.19. The summed E-state index contributed by atoms with van der Waals surface area (Å²) in [5.41, 5.74) is 2.20. The van der Waals surface area contributed by atoms with Crippen LogP contribution in [-0.2, 0) is 26.0 Å². The highest BCUT2D eigenvalue weighted by Gasteiger charge is 2.20. The Morgan fingerprint density at radius 3 is 2.87 bits per heavy atom. The van der Waals surface area contributed by atoms with Gasteiger partial charge in [-0.2, -0.15) is 0 Å². The number of rotatable bonds is 6. The third-order valence-corrected chi connectivity index (χ3v) is 6.17. The molecule has 0 saturated carbocycles. The molecule has 0 bridgehead atoms. The summed E-state index contributed by atoms with van der Waals surface area (Å²) in [6.45, 7) is 2.29. The Labute approximate surface area is 140 Å². The van der Waals surface area contributed by atoms with Gasteiger partial charge in [-0.05, 0) is 49.5 Å². The number of benzene rings is 1. The van der Waals surface area contributed by atoms with Gasteiger partial charge in [-0.15, -0.1) is 0 Å².